The Labute approximate surface area is 105 Å². The molecule has 1 aliphatic heterocycles. The third-order valence-corrected chi connectivity index (χ3v) is 4.83. The first kappa shape index (κ1) is 13.3. The first-order chi connectivity index (χ1) is 7.92. The van der Waals surface area contributed by atoms with Crippen LogP contribution in [0.4, 0.5) is 0 Å². The van der Waals surface area contributed by atoms with Crippen LogP contribution in [0.2, 0.25) is 0 Å². The van der Waals surface area contributed by atoms with Crippen molar-refractivity contribution in [3.63, 3.8) is 0 Å². The van der Waals surface area contributed by atoms with Gasteiger partial charge in [0, 0.05) is 19.2 Å². The predicted octanol–water partition coefficient (Wildman–Crippen LogP) is 1.89. The van der Waals surface area contributed by atoms with Crippen LogP contribution >= 0.6 is 0 Å². The first-order valence-corrected chi connectivity index (χ1v) is 6.92. The van der Waals surface area contributed by atoms with E-state index in [2.05, 4.69) is 32.7 Å². The molecular formula is C14H27NO2. The van der Waals surface area contributed by atoms with Crippen LogP contribution in [0.5, 0.6) is 0 Å². The zero-order valence-electron chi connectivity index (χ0n) is 11.6. The van der Waals surface area contributed by atoms with E-state index in [1.165, 1.54) is 0 Å². The zero-order chi connectivity index (χ0) is 12.6. The highest BCUT2D eigenvalue weighted by Crippen LogP contribution is 2.41. The van der Waals surface area contributed by atoms with Crippen LogP contribution in [0, 0.1) is 11.3 Å². The van der Waals surface area contributed by atoms with Crippen LogP contribution in [0.1, 0.15) is 40.0 Å². The smallest absolute Gasteiger partial charge is 0.0702 e. The van der Waals surface area contributed by atoms with Gasteiger partial charge in [-0.25, -0.2) is 0 Å². The van der Waals surface area contributed by atoms with Crippen LogP contribution in [0.25, 0.3) is 0 Å². The number of likely N-dealkylation sites (N-methyl/N-ethyl adjacent to an activating group) is 1. The van der Waals surface area contributed by atoms with E-state index in [0.29, 0.717) is 18.1 Å². The lowest BCUT2D eigenvalue weighted by Gasteiger charge is -2.32. The van der Waals surface area contributed by atoms with Crippen molar-refractivity contribution in [1.29, 1.82) is 0 Å². The van der Waals surface area contributed by atoms with E-state index >= 15 is 0 Å². The van der Waals surface area contributed by atoms with Crippen molar-refractivity contribution in [1.82, 2.24) is 4.90 Å². The fourth-order valence-corrected chi connectivity index (χ4v) is 3.50. The molecule has 4 atom stereocenters. The molecule has 0 aromatic rings. The molecule has 2 aliphatic rings. The Bertz CT molecular complexity index is 267. The quantitative estimate of drug-likeness (QED) is 0.819. The molecule has 3 heteroatoms. The fraction of sp³-hybridized carbons (Fsp3) is 1.00. The predicted molar refractivity (Wildman–Crippen MR) is 69.0 cm³/mol. The van der Waals surface area contributed by atoms with Gasteiger partial charge in [-0.3, -0.25) is 0 Å². The van der Waals surface area contributed by atoms with Gasteiger partial charge in [0.05, 0.1) is 12.2 Å². The van der Waals surface area contributed by atoms with E-state index < -0.39 is 0 Å². The van der Waals surface area contributed by atoms with Gasteiger partial charge in [0.15, 0.2) is 0 Å². The molecule has 1 saturated heterocycles. The summed E-state index contributed by atoms with van der Waals surface area (Å²) in [6.45, 7) is 8.40. The third-order valence-electron chi connectivity index (χ3n) is 4.83. The lowest BCUT2D eigenvalue weighted by Crippen LogP contribution is -2.42. The maximum absolute atomic E-state index is 10.3. The molecule has 0 aromatic heterocycles. The van der Waals surface area contributed by atoms with Gasteiger partial charge >= 0.3 is 0 Å². The van der Waals surface area contributed by atoms with Gasteiger partial charge in [0.2, 0.25) is 0 Å². The van der Waals surface area contributed by atoms with Gasteiger partial charge in [0.25, 0.3) is 0 Å². The molecular weight excluding hydrogens is 214 g/mol. The van der Waals surface area contributed by atoms with Crippen LogP contribution in [-0.4, -0.2) is 48.5 Å². The number of aliphatic hydroxyl groups is 1. The summed E-state index contributed by atoms with van der Waals surface area (Å²) in [5.74, 6) is 0.433. The largest absolute Gasteiger partial charge is 0.392 e. The second kappa shape index (κ2) is 4.87. The van der Waals surface area contributed by atoms with Gasteiger partial charge in [-0.1, -0.05) is 13.8 Å². The number of rotatable bonds is 3. The number of nitrogens with zero attached hydrogens (tertiary/aromatic N) is 1. The topological polar surface area (TPSA) is 32.7 Å². The molecule has 0 aromatic carbocycles. The Morgan fingerprint density at radius 3 is 2.53 bits per heavy atom. The van der Waals surface area contributed by atoms with Crippen molar-refractivity contribution in [3.05, 3.63) is 0 Å². The van der Waals surface area contributed by atoms with Gasteiger partial charge in [-0.2, -0.15) is 0 Å². The molecule has 17 heavy (non-hydrogen) atoms. The second-order valence-corrected chi connectivity index (χ2v) is 6.60. The molecule has 0 bridgehead atoms. The van der Waals surface area contributed by atoms with Gasteiger partial charge in [-0.05, 0) is 44.6 Å². The molecule has 2 rings (SSSR count). The van der Waals surface area contributed by atoms with Gasteiger partial charge in [-0.15, -0.1) is 0 Å². The van der Waals surface area contributed by atoms with Crippen LogP contribution in [0.15, 0.2) is 0 Å². The highest BCUT2D eigenvalue weighted by atomic mass is 16.5. The SMILES string of the molecule is CC1OCCC1N(C)CC1CCC(C)(C)C1O. The minimum atomic E-state index is -0.150. The van der Waals surface area contributed by atoms with Gasteiger partial charge < -0.3 is 14.7 Å². The van der Waals surface area contributed by atoms with Gasteiger partial charge in [0.1, 0.15) is 0 Å². The average molecular weight is 241 g/mol. The average Bonchev–Trinajstić information content (AvgIpc) is 2.78. The van der Waals surface area contributed by atoms with Crippen molar-refractivity contribution in [2.75, 3.05) is 20.2 Å². The Balaban J connectivity index is 1.89. The van der Waals surface area contributed by atoms with Crippen LogP contribution in [0.3, 0.4) is 0 Å². The van der Waals surface area contributed by atoms with Crippen molar-refractivity contribution < 1.29 is 9.84 Å². The molecule has 1 N–H and O–H groups in total. The Morgan fingerprint density at radius 1 is 1.35 bits per heavy atom. The lowest BCUT2D eigenvalue weighted by atomic mass is 9.87. The molecule has 100 valence electrons. The van der Waals surface area contributed by atoms with Crippen molar-refractivity contribution in [2.45, 2.75) is 58.3 Å². The van der Waals surface area contributed by atoms with Crippen LogP contribution < -0.4 is 0 Å². The van der Waals surface area contributed by atoms with E-state index in [9.17, 15) is 5.11 Å². The van der Waals surface area contributed by atoms with Crippen LogP contribution in [-0.2, 0) is 4.74 Å². The molecule has 4 unspecified atom stereocenters. The zero-order valence-corrected chi connectivity index (χ0v) is 11.6. The molecule has 1 heterocycles. The standard InChI is InChI=1S/C14H27NO2/c1-10-12(6-8-17-10)15(4)9-11-5-7-14(2,3)13(11)16/h10-13,16H,5-9H2,1-4H3. The van der Waals surface area contributed by atoms with E-state index in [4.69, 9.17) is 4.74 Å². The minimum Gasteiger partial charge on any atom is -0.392 e. The van der Waals surface area contributed by atoms with Crippen molar-refractivity contribution in [3.8, 4) is 0 Å². The lowest BCUT2D eigenvalue weighted by molar-refractivity contribution is 0.0228. The molecule has 0 amide bonds. The van der Waals surface area contributed by atoms with Crippen molar-refractivity contribution >= 4 is 0 Å². The van der Waals surface area contributed by atoms with E-state index in [0.717, 1.165) is 32.4 Å². The summed E-state index contributed by atoms with van der Waals surface area (Å²) in [6, 6.07) is 0.533. The molecule has 0 spiro atoms. The normalized spacial score (nSPS) is 41.3. The number of hydrogen-bond donors (Lipinski definition) is 1. The third kappa shape index (κ3) is 2.67. The highest BCUT2D eigenvalue weighted by Gasteiger charge is 2.42. The maximum atomic E-state index is 10.3. The molecule has 3 nitrogen and oxygen atoms in total. The monoisotopic (exact) mass is 241 g/mol. The minimum absolute atomic E-state index is 0.100. The van der Waals surface area contributed by atoms with E-state index in [-0.39, 0.29) is 11.5 Å². The summed E-state index contributed by atoms with van der Waals surface area (Å²) in [7, 11) is 2.17. The molecule has 1 saturated carbocycles. The number of hydrogen-bond acceptors (Lipinski definition) is 3. The van der Waals surface area contributed by atoms with E-state index in [1.807, 2.05) is 0 Å². The second-order valence-electron chi connectivity index (χ2n) is 6.60. The Hall–Kier alpha value is -0.120. The summed E-state index contributed by atoms with van der Waals surface area (Å²) in [5, 5.41) is 10.3. The van der Waals surface area contributed by atoms with Crippen molar-refractivity contribution in [2.24, 2.45) is 11.3 Å². The summed E-state index contributed by atoms with van der Waals surface area (Å²) < 4.78 is 5.61. The summed E-state index contributed by atoms with van der Waals surface area (Å²) in [5.41, 5.74) is 0.100. The number of aliphatic hydroxyl groups excluding tert-OH is 1. The fourth-order valence-electron chi connectivity index (χ4n) is 3.50. The first-order valence-electron chi connectivity index (χ1n) is 6.92. The Morgan fingerprint density at radius 2 is 2.06 bits per heavy atom. The number of ether oxygens (including phenoxy) is 1. The molecule has 0 radical (unpaired) electrons. The molecule has 1 aliphatic carbocycles. The summed E-state index contributed by atoms with van der Waals surface area (Å²) >= 11 is 0. The highest BCUT2D eigenvalue weighted by molar-refractivity contribution is 4.93. The molecule has 2 fully saturated rings. The Kier molecular flexibility index (Phi) is 3.81. The summed E-state index contributed by atoms with van der Waals surface area (Å²) in [6.07, 6.45) is 3.61. The maximum Gasteiger partial charge on any atom is 0.0702 e. The summed E-state index contributed by atoms with van der Waals surface area (Å²) in [4.78, 5) is 2.40. The van der Waals surface area contributed by atoms with E-state index in [1.54, 1.807) is 0 Å².